The van der Waals surface area contributed by atoms with Gasteiger partial charge in [-0.1, -0.05) is 0 Å². The van der Waals surface area contributed by atoms with Crippen molar-refractivity contribution in [2.45, 2.75) is 34.1 Å². The zero-order valence-electron chi connectivity index (χ0n) is 12.6. The van der Waals surface area contributed by atoms with Crippen LogP contribution < -0.4 is 0 Å². The smallest absolute Gasteiger partial charge is 0.311 e. The van der Waals surface area contributed by atoms with Crippen molar-refractivity contribution >= 4 is 11.9 Å². The van der Waals surface area contributed by atoms with Gasteiger partial charge in [-0.2, -0.15) is 7.11 Å². The van der Waals surface area contributed by atoms with Gasteiger partial charge >= 0.3 is 5.97 Å². The van der Waals surface area contributed by atoms with Crippen molar-refractivity contribution in [2.75, 3.05) is 20.3 Å². The van der Waals surface area contributed by atoms with Crippen molar-refractivity contribution in [1.29, 1.82) is 0 Å². The van der Waals surface area contributed by atoms with Crippen LogP contribution in [0.4, 0.5) is 0 Å². The molecular formula is C13H23O5Rf-. The maximum atomic E-state index is 11.9. The maximum Gasteiger partial charge on any atom is 0.311 e. The van der Waals surface area contributed by atoms with E-state index in [2.05, 4.69) is 11.8 Å². The fourth-order valence-corrected chi connectivity index (χ4v) is 1.86. The molecule has 0 atom stereocenters. The molecule has 0 aromatic rings. The van der Waals surface area contributed by atoms with Gasteiger partial charge in [0.1, 0.15) is 6.61 Å². The first kappa shape index (κ1) is 19.2. The molecule has 0 aliphatic heterocycles. The molecule has 0 saturated carbocycles. The van der Waals surface area contributed by atoms with Crippen molar-refractivity contribution in [3.8, 4) is 0 Å². The Morgan fingerprint density at radius 3 is 1.89 bits per heavy atom. The second kappa shape index (κ2) is 7.36. The van der Waals surface area contributed by atoms with Gasteiger partial charge in [0.25, 0.3) is 5.97 Å². The number of methoxy groups -OCH3 is 1. The first-order chi connectivity index (χ1) is 8.17. The Morgan fingerprint density at radius 1 is 1.00 bits per heavy atom. The average Bonchev–Trinajstić information content (AvgIpc) is 2.26. The summed E-state index contributed by atoms with van der Waals surface area (Å²) in [5.74, 6) is -0.801. The Balaban J connectivity index is 0. The summed E-state index contributed by atoms with van der Waals surface area (Å²) in [5, 5.41) is 0. The summed E-state index contributed by atoms with van der Waals surface area (Å²) in [6.45, 7) is 7.46. The second-order valence-electron chi connectivity index (χ2n) is 5.51. The van der Waals surface area contributed by atoms with Crippen molar-refractivity contribution in [3.05, 3.63) is 7.11 Å². The van der Waals surface area contributed by atoms with Crippen molar-refractivity contribution in [2.24, 2.45) is 10.8 Å². The van der Waals surface area contributed by atoms with Gasteiger partial charge < -0.3 is 14.2 Å². The standard InChI is InChI=1S/C13H23O5.Rf/c1-12(2,10(14)17-6)9-13(3,4)11(15)18-8-7-16-5;/h6-9H2,1-5H3;/q-1;. The maximum absolute atomic E-state index is 11.9. The van der Waals surface area contributed by atoms with E-state index in [1.807, 2.05) is 0 Å². The summed E-state index contributed by atoms with van der Waals surface area (Å²) in [6.07, 6.45) is 0.320. The number of carbonyl (C=O) groups is 2. The molecule has 5 nitrogen and oxygen atoms in total. The molecule has 0 bridgehead atoms. The fraction of sp³-hybridized carbons (Fsp3) is 0.769. The molecule has 0 aromatic carbocycles. The molecule has 0 spiro atoms. The number of hydrogen-bond acceptors (Lipinski definition) is 5. The minimum atomic E-state index is -0.786. The van der Waals surface area contributed by atoms with E-state index in [0.29, 0.717) is 13.0 Å². The predicted octanol–water partition coefficient (Wildman–Crippen LogP) is 1.95. The van der Waals surface area contributed by atoms with E-state index in [-0.39, 0.29) is 12.6 Å². The normalized spacial score (nSPS) is 11.5. The summed E-state index contributed by atoms with van der Waals surface area (Å²) in [6, 6.07) is 0. The van der Waals surface area contributed by atoms with Gasteiger partial charge in [-0.15, -0.1) is 0 Å². The summed E-state index contributed by atoms with van der Waals surface area (Å²) in [7, 11) is 4.64. The van der Waals surface area contributed by atoms with Crippen molar-refractivity contribution < 1.29 is 23.8 Å². The molecule has 108 valence electrons. The SMILES string of the molecule is [CH2-]OC(=O)C(C)(C)CC(C)(C)C(=O)OCCOC.[Rf]. The first-order valence-electron chi connectivity index (χ1n) is 5.80. The molecule has 0 N–H and O–H groups in total. The Morgan fingerprint density at radius 2 is 1.47 bits per heavy atom. The van der Waals surface area contributed by atoms with Crippen LogP contribution in [0.15, 0.2) is 0 Å². The third-order valence-corrected chi connectivity index (χ3v) is 2.64. The monoisotopic (exact) mass is 526 g/mol. The van der Waals surface area contributed by atoms with Crippen LogP contribution in [0.2, 0.25) is 0 Å². The van der Waals surface area contributed by atoms with Gasteiger partial charge in [0.15, 0.2) is 0 Å². The third-order valence-electron chi connectivity index (χ3n) is 2.64. The number of hydrogen-bond donors (Lipinski definition) is 0. The molecule has 0 aliphatic rings. The minimum Gasteiger partial charge on any atom is -0.640 e. The molecule has 0 rings (SSSR count). The van der Waals surface area contributed by atoms with Gasteiger partial charge in [-0.3, -0.25) is 9.59 Å². The molecular weight excluding hydrogens is 503 g/mol. The quantitative estimate of drug-likeness (QED) is 0.289. The van der Waals surface area contributed by atoms with E-state index >= 15 is 0 Å². The van der Waals surface area contributed by atoms with E-state index in [4.69, 9.17) is 9.47 Å². The predicted molar refractivity (Wildman–Crippen MR) is 66.5 cm³/mol. The summed E-state index contributed by atoms with van der Waals surface area (Å²) >= 11 is 0. The Kier molecular flexibility index (Phi) is 7.45. The molecule has 0 saturated heterocycles. The summed E-state index contributed by atoms with van der Waals surface area (Å²) in [5.41, 5.74) is -1.56. The van der Waals surface area contributed by atoms with Crippen LogP contribution in [0.3, 0.4) is 0 Å². The Bertz CT molecular complexity index is 299. The van der Waals surface area contributed by atoms with Gasteiger partial charge in [0, 0.05) is 7.11 Å². The Hall–Kier alpha value is -2.10. The van der Waals surface area contributed by atoms with Crippen LogP contribution in [0.1, 0.15) is 34.1 Å². The molecule has 0 radical (unpaired) electrons. The third kappa shape index (κ3) is 5.86. The topological polar surface area (TPSA) is 61.8 Å². The second-order valence-corrected chi connectivity index (χ2v) is 5.51. The number of carbonyl (C=O) groups excluding carboxylic acids is 2. The van der Waals surface area contributed by atoms with Crippen LogP contribution in [0.5, 0.6) is 0 Å². The number of esters is 2. The average molecular weight is 526 g/mol. The summed E-state index contributed by atoms with van der Waals surface area (Å²) in [4.78, 5) is 23.4. The molecule has 0 heterocycles. The molecule has 0 aromatic heterocycles. The van der Waals surface area contributed by atoms with E-state index in [1.54, 1.807) is 27.7 Å². The first-order valence-corrected chi connectivity index (χ1v) is 5.80. The van der Waals surface area contributed by atoms with E-state index < -0.39 is 16.8 Å². The minimum absolute atomic E-state index is 0. The van der Waals surface area contributed by atoms with Crippen LogP contribution in [0, 0.1) is 17.9 Å². The zero-order chi connectivity index (χ0) is 14.4. The van der Waals surface area contributed by atoms with Crippen molar-refractivity contribution in [1.82, 2.24) is 0 Å². The van der Waals surface area contributed by atoms with Gasteiger partial charge in [-0.25, -0.2) is 0 Å². The molecule has 0 amide bonds. The largest absolute Gasteiger partial charge is 0.640 e. The molecule has 0 fully saturated rings. The fourth-order valence-electron chi connectivity index (χ4n) is 1.86. The van der Waals surface area contributed by atoms with Crippen LogP contribution in [-0.2, 0) is 23.8 Å². The van der Waals surface area contributed by atoms with Crippen LogP contribution in [-0.4, -0.2) is 32.3 Å². The van der Waals surface area contributed by atoms with E-state index in [1.165, 1.54) is 7.11 Å². The molecule has 0 aliphatic carbocycles. The molecule has 0 unspecified atom stereocenters. The van der Waals surface area contributed by atoms with Crippen LogP contribution >= 0.6 is 0 Å². The molecule has 6 heteroatoms. The van der Waals surface area contributed by atoms with Gasteiger partial charge in [0.05, 0.1) is 17.4 Å². The van der Waals surface area contributed by atoms with Crippen molar-refractivity contribution in [3.63, 3.8) is 0 Å². The van der Waals surface area contributed by atoms with Crippen LogP contribution in [0.25, 0.3) is 0 Å². The van der Waals surface area contributed by atoms with Gasteiger partial charge in [0.2, 0.25) is 0 Å². The Labute approximate surface area is 109 Å². The summed E-state index contributed by atoms with van der Waals surface area (Å²) < 4.78 is 14.4. The van der Waals surface area contributed by atoms with Gasteiger partial charge in [-0.05, 0) is 34.1 Å². The van der Waals surface area contributed by atoms with E-state index in [9.17, 15) is 9.59 Å². The number of rotatable bonds is 7. The zero-order valence-corrected chi connectivity index (χ0v) is 19.0. The number of ether oxygens (including phenoxy) is 3. The molecule has 19 heavy (non-hydrogen) atoms. The van der Waals surface area contributed by atoms with E-state index in [0.717, 1.165) is 0 Å².